The average molecular weight is 477 g/mol. The van der Waals surface area contributed by atoms with Crippen molar-refractivity contribution in [1.29, 1.82) is 0 Å². The number of ether oxygens (including phenoxy) is 2. The number of sulfonamides is 1. The molecule has 3 heterocycles. The van der Waals surface area contributed by atoms with Crippen molar-refractivity contribution in [2.75, 3.05) is 39.4 Å². The number of rotatable bonds is 4. The number of halogens is 2. The van der Waals surface area contributed by atoms with Gasteiger partial charge in [-0.2, -0.15) is 4.31 Å². The molecule has 7 nitrogen and oxygen atoms in total. The van der Waals surface area contributed by atoms with Crippen LogP contribution >= 0.6 is 23.2 Å². The molecule has 0 unspecified atom stereocenters. The number of amides is 1. The summed E-state index contributed by atoms with van der Waals surface area (Å²) in [6.07, 6.45) is 2.60. The maximum atomic E-state index is 13.0. The van der Waals surface area contributed by atoms with Gasteiger partial charge in [0.25, 0.3) is 0 Å². The molecule has 4 rings (SSSR count). The Bertz CT molecular complexity index is 855. The van der Waals surface area contributed by atoms with Crippen LogP contribution in [0.1, 0.15) is 25.7 Å². The molecule has 0 aliphatic carbocycles. The van der Waals surface area contributed by atoms with E-state index in [9.17, 15) is 13.2 Å². The zero-order valence-corrected chi connectivity index (χ0v) is 19.0. The molecule has 3 fully saturated rings. The molecule has 1 aromatic carbocycles. The van der Waals surface area contributed by atoms with E-state index in [0.717, 1.165) is 12.8 Å². The summed E-state index contributed by atoms with van der Waals surface area (Å²) in [7, 11) is -3.80. The third kappa shape index (κ3) is 4.49. The van der Waals surface area contributed by atoms with E-state index in [1.165, 1.54) is 16.4 Å². The van der Waals surface area contributed by atoms with Crippen molar-refractivity contribution in [2.45, 2.75) is 36.9 Å². The van der Waals surface area contributed by atoms with Gasteiger partial charge in [-0.1, -0.05) is 29.3 Å². The lowest BCUT2D eigenvalue weighted by molar-refractivity contribution is -0.142. The second kappa shape index (κ2) is 9.30. The molecule has 0 aromatic heterocycles. The van der Waals surface area contributed by atoms with Gasteiger partial charge < -0.3 is 14.4 Å². The summed E-state index contributed by atoms with van der Waals surface area (Å²) in [5.41, 5.74) is 0. The average Bonchev–Trinajstić information content (AvgIpc) is 3.28. The molecule has 3 aliphatic heterocycles. The first-order valence-electron chi connectivity index (χ1n) is 10.3. The van der Waals surface area contributed by atoms with Crippen molar-refractivity contribution < 1.29 is 22.7 Å². The van der Waals surface area contributed by atoms with E-state index in [1.54, 1.807) is 6.07 Å². The Balaban J connectivity index is 1.33. The highest BCUT2D eigenvalue weighted by Crippen LogP contribution is 2.34. The number of nitrogens with zero attached hydrogens (tertiary/aromatic N) is 2. The van der Waals surface area contributed by atoms with Gasteiger partial charge in [0.1, 0.15) is 4.90 Å². The molecule has 10 heteroatoms. The molecule has 0 saturated carbocycles. The second-order valence-electron chi connectivity index (χ2n) is 8.00. The highest BCUT2D eigenvalue weighted by molar-refractivity contribution is 7.89. The number of carbonyl (C=O) groups excluding carboxylic acids is 1. The third-order valence-electron chi connectivity index (χ3n) is 6.20. The van der Waals surface area contributed by atoms with Crippen molar-refractivity contribution in [3.8, 4) is 0 Å². The lowest BCUT2D eigenvalue weighted by atomic mass is 9.92. The Hall–Kier alpha value is -0.900. The summed E-state index contributed by atoms with van der Waals surface area (Å²) in [4.78, 5) is 14.8. The van der Waals surface area contributed by atoms with E-state index in [4.69, 9.17) is 32.7 Å². The predicted octanol–water partition coefficient (Wildman–Crippen LogP) is 3.01. The summed E-state index contributed by atoms with van der Waals surface area (Å²) in [6.45, 7) is 3.23. The smallest absolute Gasteiger partial charge is 0.246 e. The summed E-state index contributed by atoms with van der Waals surface area (Å²) in [5.74, 6) is 0.298. The number of carbonyl (C=O) groups is 1. The molecule has 0 bridgehead atoms. The first-order chi connectivity index (χ1) is 14.4. The van der Waals surface area contributed by atoms with Crippen LogP contribution in [0, 0.1) is 11.8 Å². The van der Waals surface area contributed by atoms with Crippen LogP contribution in [0.4, 0.5) is 0 Å². The lowest BCUT2D eigenvalue weighted by Gasteiger charge is -2.37. The fourth-order valence-electron chi connectivity index (χ4n) is 4.50. The van der Waals surface area contributed by atoms with E-state index >= 15 is 0 Å². The molecule has 30 heavy (non-hydrogen) atoms. The Morgan fingerprint density at radius 1 is 0.933 bits per heavy atom. The van der Waals surface area contributed by atoms with Crippen molar-refractivity contribution in [3.05, 3.63) is 28.2 Å². The van der Waals surface area contributed by atoms with Crippen LogP contribution in [0.2, 0.25) is 10.0 Å². The molecule has 0 radical (unpaired) electrons. The fourth-order valence-corrected chi connectivity index (χ4v) is 7.06. The van der Waals surface area contributed by atoms with Crippen LogP contribution in [-0.2, 0) is 24.3 Å². The summed E-state index contributed by atoms with van der Waals surface area (Å²) >= 11 is 12.2. The number of benzene rings is 1. The minimum absolute atomic E-state index is 0.0588. The van der Waals surface area contributed by atoms with Crippen molar-refractivity contribution in [1.82, 2.24) is 9.21 Å². The van der Waals surface area contributed by atoms with Gasteiger partial charge in [-0.3, -0.25) is 4.79 Å². The van der Waals surface area contributed by atoms with Crippen molar-refractivity contribution in [2.24, 2.45) is 11.8 Å². The van der Waals surface area contributed by atoms with Crippen LogP contribution in [0.3, 0.4) is 0 Å². The summed E-state index contributed by atoms with van der Waals surface area (Å²) < 4.78 is 38.6. The van der Waals surface area contributed by atoms with Crippen LogP contribution in [0.15, 0.2) is 23.1 Å². The maximum absolute atomic E-state index is 13.0. The standard InChI is InChI=1S/C20H26Cl2N2O5S/c21-16-2-1-3-17(22)18(16)30(26,27)24-10-6-14(7-11-24)19(25)23-8-4-15(5-9-23)20-28-12-13-29-20/h1-3,14-15,20H,4-13H2. The van der Waals surface area contributed by atoms with Crippen LogP contribution in [0.25, 0.3) is 0 Å². The molecule has 0 atom stereocenters. The van der Waals surface area contributed by atoms with Crippen LogP contribution in [0.5, 0.6) is 0 Å². The quantitative estimate of drug-likeness (QED) is 0.667. The molecule has 3 aliphatic rings. The number of hydrogen-bond donors (Lipinski definition) is 0. The van der Waals surface area contributed by atoms with Gasteiger partial charge in [0.15, 0.2) is 6.29 Å². The van der Waals surface area contributed by atoms with E-state index in [2.05, 4.69) is 0 Å². The minimum atomic E-state index is -3.80. The summed E-state index contributed by atoms with van der Waals surface area (Å²) in [6, 6.07) is 4.65. The van der Waals surface area contributed by atoms with Gasteiger partial charge in [-0.05, 0) is 37.8 Å². The normalized spacial score (nSPS) is 23.2. The van der Waals surface area contributed by atoms with E-state index in [0.29, 0.717) is 45.1 Å². The third-order valence-corrected chi connectivity index (χ3v) is 9.06. The van der Waals surface area contributed by atoms with E-state index in [1.807, 2.05) is 4.90 Å². The summed E-state index contributed by atoms with van der Waals surface area (Å²) in [5, 5.41) is 0.220. The van der Waals surface area contributed by atoms with E-state index in [-0.39, 0.29) is 46.1 Å². The van der Waals surface area contributed by atoms with Gasteiger partial charge in [0.2, 0.25) is 15.9 Å². The number of piperidine rings is 2. The Morgan fingerprint density at radius 2 is 1.50 bits per heavy atom. The molecular formula is C20H26Cl2N2O5S. The van der Waals surface area contributed by atoms with Crippen molar-refractivity contribution >= 4 is 39.1 Å². The Morgan fingerprint density at radius 3 is 2.07 bits per heavy atom. The number of likely N-dealkylation sites (tertiary alicyclic amines) is 1. The van der Waals surface area contributed by atoms with Gasteiger partial charge in [-0.15, -0.1) is 0 Å². The minimum Gasteiger partial charge on any atom is -0.350 e. The van der Waals surface area contributed by atoms with Gasteiger partial charge in [0, 0.05) is 38.0 Å². The van der Waals surface area contributed by atoms with Gasteiger partial charge >= 0.3 is 0 Å². The molecule has 0 spiro atoms. The second-order valence-corrected chi connectivity index (χ2v) is 10.7. The maximum Gasteiger partial charge on any atom is 0.246 e. The van der Waals surface area contributed by atoms with Gasteiger partial charge in [0.05, 0.1) is 23.3 Å². The number of hydrogen-bond acceptors (Lipinski definition) is 5. The Labute approximate surface area is 187 Å². The predicted molar refractivity (Wildman–Crippen MR) is 113 cm³/mol. The molecule has 3 saturated heterocycles. The first-order valence-corrected chi connectivity index (χ1v) is 12.5. The van der Waals surface area contributed by atoms with Crippen molar-refractivity contribution in [3.63, 3.8) is 0 Å². The zero-order chi connectivity index (χ0) is 21.3. The molecule has 0 N–H and O–H groups in total. The lowest BCUT2D eigenvalue weighted by Crippen LogP contribution is -2.47. The van der Waals surface area contributed by atoms with Crippen LogP contribution in [-0.4, -0.2) is 69.2 Å². The van der Waals surface area contributed by atoms with Gasteiger partial charge in [-0.25, -0.2) is 8.42 Å². The largest absolute Gasteiger partial charge is 0.350 e. The first kappa shape index (κ1) is 22.3. The van der Waals surface area contributed by atoms with Crippen LogP contribution < -0.4 is 0 Å². The SMILES string of the molecule is O=C(C1CCN(S(=O)(=O)c2c(Cl)cccc2Cl)CC1)N1CCC(C2OCCO2)CC1. The topological polar surface area (TPSA) is 76.2 Å². The molecule has 1 aromatic rings. The van der Waals surface area contributed by atoms with E-state index < -0.39 is 10.0 Å². The Kier molecular flexibility index (Phi) is 6.91. The highest BCUT2D eigenvalue weighted by atomic mass is 35.5. The molecule has 166 valence electrons. The fraction of sp³-hybridized carbons (Fsp3) is 0.650. The molecular weight excluding hydrogens is 451 g/mol. The zero-order valence-electron chi connectivity index (χ0n) is 16.6. The monoisotopic (exact) mass is 476 g/mol. The molecule has 1 amide bonds. The highest BCUT2D eigenvalue weighted by Gasteiger charge is 2.37.